The summed E-state index contributed by atoms with van der Waals surface area (Å²) in [5, 5.41) is 3.69. The summed E-state index contributed by atoms with van der Waals surface area (Å²) in [6, 6.07) is 2.10. The molecule has 17 heavy (non-hydrogen) atoms. The summed E-state index contributed by atoms with van der Waals surface area (Å²) < 4.78 is 5.63. The van der Waals surface area contributed by atoms with Gasteiger partial charge in [0.1, 0.15) is 0 Å². The van der Waals surface area contributed by atoms with Gasteiger partial charge in [0.25, 0.3) is 0 Å². The van der Waals surface area contributed by atoms with E-state index in [1.54, 1.807) is 0 Å². The van der Waals surface area contributed by atoms with Crippen LogP contribution < -0.4 is 5.32 Å². The first-order valence-electron chi connectivity index (χ1n) is 7.43. The van der Waals surface area contributed by atoms with E-state index in [1.807, 2.05) is 0 Å². The Hall–Kier alpha value is -0.120. The third-order valence-corrected chi connectivity index (χ3v) is 4.37. The molecule has 1 aliphatic heterocycles. The maximum atomic E-state index is 5.63. The van der Waals surface area contributed by atoms with Crippen LogP contribution in [0.15, 0.2) is 0 Å². The lowest BCUT2D eigenvalue weighted by molar-refractivity contribution is -0.0442. The van der Waals surface area contributed by atoms with Crippen LogP contribution in [0.5, 0.6) is 0 Å². The highest BCUT2D eigenvalue weighted by Crippen LogP contribution is 2.26. The summed E-state index contributed by atoms with van der Waals surface area (Å²) >= 11 is 0. The molecule has 2 rings (SSSR count). The Morgan fingerprint density at radius 3 is 2.82 bits per heavy atom. The number of likely N-dealkylation sites (N-methyl/N-ethyl adjacent to an activating group) is 1. The molecule has 0 aromatic rings. The van der Waals surface area contributed by atoms with Crippen LogP contribution in [0.3, 0.4) is 0 Å². The van der Waals surface area contributed by atoms with Crippen LogP contribution in [0, 0.1) is 0 Å². The van der Waals surface area contributed by atoms with Gasteiger partial charge in [-0.1, -0.05) is 26.7 Å². The fraction of sp³-hybridized carbons (Fsp3) is 1.00. The molecule has 3 heteroatoms. The van der Waals surface area contributed by atoms with Crippen LogP contribution in [0.2, 0.25) is 0 Å². The molecule has 1 saturated carbocycles. The lowest BCUT2D eigenvalue weighted by Gasteiger charge is -2.46. The lowest BCUT2D eigenvalue weighted by atomic mass is 9.87. The number of rotatable bonds is 4. The van der Waals surface area contributed by atoms with Crippen LogP contribution in [-0.2, 0) is 4.74 Å². The summed E-state index contributed by atoms with van der Waals surface area (Å²) in [6.45, 7) is 8.60. The van der Waals surface area contributed by atoms with Gasteiger partial charge in [-0.05, 0) is 25.8 Å². The largest absolute Gasteiger partial charge is 0.378 e. The summed E-state index contributed by atoms with van der Waals surface area (Å²) in [4.78, 5) is 2.73. The molecule has 0 aromatic heterocycles. The van der Waals surface area contributed by atoms with E-state index < -0.39 is 0 Å². The van der Waals surface area contributed by atoms with E-state index in [-0.39, 0.29) is 0 Å². The molecule has 1 aliphatic carbocycles. The summed E-state index contributed by atoms with van der Waals surface area (Å²) in [5.74, 6) is 0. The second kappa shape index (κ2) is 6.72. The molecular formula is C14H28N2O. The first-order chi connectivity index (χ1) is 8.36. The zero-order valence-electron chi connectivity index (χ0n) is 11.5. The summed E-state index contributed by atoms with van der Waals surface area (Å²) in [7, 11) is 0. The highest BCUT2D eigenvalue weighted by molar-refractivity contribution is 4.91. The molecule has 1 saturated heterocycles. The normalized spacial score (nSPS) is 36.0. The molecule has 0 aromatic carbocycles. The fourth-order valence-electron chi connectivity index (χ4n) is 3.47. The predicted octanol–water partition coefficient (Wildman–Crippen LogP) is 2.02. The Morgan fingerprint density at radius 1 is 1.24 bits per heavy atom. The number of hydrogen-bond donors (Lipinski definition) is 1. The Morgan fingerprint density at radius 2 is 2.06 bits per heavy atom. The van der Waals surface area contributed by atoms with Crippen molar-refractivity contribution in [3.8, 4) is 0 Å². The van der Waals surface area contributed by atoms with Gasteiger partial charge in [-0.2, -0.15) is 0 Å². The molecule has 0 spiro atoms. The maximum Gasteiger partial charge on any atom is 0.0622 e. The third kappa shape index (κ3) is 3.21. The van der Waals surface area contributed by atoms with E-state index >= 15 is 0 Å². The van der Waals surface area contributed by atoms with Gasteiger partial charge in [0.05, 0.1) is 13.2 Å². The monoisotopic (exact) mass is 240 g/mol. The fourth-order valence-corrected chi connectivity index (χ4v) is 3.47. The van der Waals surface area contributed by atoms with Crippen molar-refractivity contribution in [1.29, 1.82) is 0 Å². The van der Waals surface area contributed by atoms with Crippen molar-refractivity contribution in [3.05, 3.63) is 0 Å². The van der Waals surface area contributed by atoms with Crippen molar-refractivity contribution in [1.82, 2.24) is 10.2 Å². The van der Waals surface area contributed by atoms with Crippen molar-refractivity contribution in [2.24, 2.45) is 0 Å². The molecule has 0 bridgehead atoms. The minimum Gasteiger partial charge on any atom is -0.378 e. The molecule has 3 unspecified atom stereocenters. The molecule has 100 valence electrons. The Bertz CT molecular complexity index is 220. The molecule has 2 aliphatic rings. The van der Waals surface area contributed by atoms with Crippen molar-refractivity contribution in [2.45, 2.75) is 64.1 Å². The zero-order chi connectivity index (χ0) is 12.1. The number of hydrogen-bond acceptors (Lipinski definition) is 3. The molecule has 1 N–H and O–H groups in total. The first-order valence-corrected chi connectivity index (χ1v) is 7.43. The van der Waals surface area contributed by atoms with Gasteiger partial charge in [0.2, 0.25) is 0 Å². The molecule has 0 radical (unpaired) electrons. The molecule has 0 amide bonds. The molecular weight excluding hydrogens is 212 g/mol. The second-order valence-corrected chi connectivity index (χ2v) is 5.39. The number of nitrogens with one attached hydrogen (secondary N) is 1. The van der Waals surface area contributed by atoms with Gasteiger partial charge in [-0.15, -0.1) is 0 Å². The zero-order valence-corrected chi connectivity index (χ0v) is 11.5. The van der Waals surface area contributed by atoms with Gasteiger partial charge >= 0.3 is 0 Å². The lowest BCUT2D eigenvalue weighted by Crippen LogP contribution is -2.58. The molecule has 1 heterocycles. The van der Waals surface area contributed by atoms with Crippen molar-refractivity contribution in [3.63, 3.8) is 0 Å². The van der Waals surface area contributed by atoms with E-state index in [4.69, 9.17) is 4.74 Å². The minimum atomic E-state index is 0.646. The van der Waals surface area contributed by atoms with Gasteiger partial charge in [0, 0.05) is 24.7 Å². The standard InChI is InChI=1S/C14H28N2O/c1-3-12-11-17-10-9-16(12)14-8-6-5-7-13(14)15-4-2/h12-15H,3-11H2,1-2H3. The highest BCUT2D eigenvalue weighted by Gasteiger charge is 2.34. The minimum absolute atomic E-state index is 0.646. The van der Waals surface area contributed by atoms with E-state index in [0.717, 1.165) is 32.3 Å². The maximum absolute atomic E-state index is 5.63. The van der Waals surface area contributed by atoms with Crippen LogP contribution in [0.4, 0.5) is 0 Å². The number of ether oxygens (including phenoxy) is 1. The van der Waals surface area contributed by atoms with E-state index in [1.165, 1.54) is 32.1 Å². The van der Waals surface area contributed by atoms with Crippen LogP contribution in [0.1, 0.15) is 46.0 Å². The third-order valence-electron chi connectivity index (χ3n) is 4.37. The Labute approximate surface area is 106 Å². The van der Waals surface area contributed by atoms with Crippen LogP contribution in [0.25, 0.3) is 0 Å². The van der Waals surface area contributed by atoms with Gasteiger partial charge in [-0.25, -0.2) is 0 Å². The van der Waals surface area contributed by atoms with Crippen LogP contribution >= 0.6 is 0 Å². The van der Waals surface area contributed by atoms with Gasteiger partial charge < -0.3 is 10.1 Å². The average molecular weight is 240 g/mol. The SMILES string of the molecule is CCNC1CCCCC1N1CCOCC1CC. The first kappa shape index (κ1) is 13.3. The summed E-state index contributed by atoms with van der Waals surface area (Å²) in [6.07, 6.45) is 6.74. The molecule has 2 fully saturated rings. The molecule has 3 atom stereocenters. The predicted molar refractivity (Wildman–Crippen MR) is 71.3 cm³/mol. The van der Waals surface area contributed by atoms with E-state index in [9.17, 15) is 0 Å². The van der Waals surface area contributed by atoms with Gasteiger partial charge in [0.15, 0.2) is 0 Å². The smallest absolute Gasteiger partial charge is 0.0622 e. The number of nitrogens with zero attached hydrogens (tertiary/aromatic N) is 1. The van der Waals surface area contributed by atoms with Crippen molar-refractivity contribution in [2.75, 3.05) is 26.3 Å². The Balaban J connectivity index is 2.00. The van der Waals surface area contributed by atoms with Crippen molar-refractivity contribution >= 4 is 0 Å². The van der Waals surface area contributed by atoms with E-state index in [0.29, 0.717) is 12.1 Å². The second-order valence-electron chi connectivity index (χ2n) is 5.39. The number of morpholine rings is 1. The van der Waals surface area contributed by atoms with Crippen molar-refractivity contribution < 1.29 is 4.74 Å². The quantitative estimate of drug-likeness (QED) is 0.813. The topological polar surface area (TPSA) is 24.5 Å². The summed E-state index contributed by atoms with van der Waals surface area (Å²) in [5.41, 5.74) is 0. The molecule has 3 nitrogen and oxygen atoms in total. The van der Waals surface area contributed by atoms with Gasteiger partial charge in [-0.3, -0.25) is 4.90 Å². The Kier molecular flexibility index (Phi) is 5.26. The highest BCUT2D eigenvalue weighted by atomic mass is 16.5. The van der Waals surface area contributed by atoms with E-state index in [2.05, 4.69) is 24.1 Å². The average Bonchev–Trinajstić information content (AvgIpc) is 2.40. The van der Waals surface area contributed by atoms with Crippen LogP contribution in [-0.4, -0.2) is 49.3 Å².